The highest BCUT2D eigenvalue weighted by molar-refractivity contribution is 7.12. The number of carbonyl (C=O) groups excluding carboxylic acids is 2. The Morgan fingerprint density at radius 3 is 2.58 bits per heavy atom. The van der Waals surface area contributed by atoms with E-state index >= 15 is 0 Å². The molecule has 4 rings (SSSR count). The first-order chi connectivity index (χ1) is 12.7. The number of hydrogen-bond donors (Lipinski definition) is 0. The lowest BCUT2D eigenvalue weighted by atomic mass is 9.86. The Labute approximate surface area is 156 Å². The molecule has 2 aromatic rings. The minimum Gasteiger partial charge on any atom is -0.369 e. The van der Waals surface area contributed by atoms with E-state index in [1.165, 1.54) is 11.3 Å². The minimum atomic E-state index is -0.428. The number of thiophene rings is 1. The van der Waals surface area contributed by atoms with Crippen LogP contribution in [0.5, 0.6) is 0 Å². The number of rotatable bonds is 4. The molecule has 0 bridgehead atoms. The molecule has 0 N–H and O–H groups in total. The first kappa shape index (κ1) is 17.2. The van der Waals surface area contributed by atoms with Crippen LogP contribution in [0.2, 0.25) is 0 Å². The van der Waals surface area contributed by atoms with Gasteiger partial charge in [-0.1, -0.05) is 6.07 Å². The number of pyridine rings is 1. The molecule has 0 saturated carbocycles. The van der Waals surface area contributed by atoms with Gasteiger partial charge in [0.1, 0.15) is 0 Å². The van der Waals surface area contributed by atoms with E-state index < -0.39 is 6.10 Å². The lowest BCUT2D eigenvalue weighted by Crippen LogP contribution is -2.64. The highest BCUT2D eigenvalue weighted by atomic mass is 32.1. The summed E-state index contributed by atoms with van der Waals surface area (Å²) in [5, 5.41) is 1.92. The van der Waals surface area contributed by atoms with E-state index in [2.05, 4.69) is 4.98 Å². The number of nitrogens with zero attached hydrogens (tertiary/aromatic N) is 3. The van der Waals surface area contributed by atoms with E-state index in [4.69, 9.17) is 4.74 Å². The Balaban J connectivity index is 1.45. The standard InChI is InChI=1S/C19H21N3O3S/c1-25-17-16(13-4-8-20-9-5-13)22(19(17)24)14-6-10-21(11-7-14)18(23)15-3-2-12-26-15/h2-5,8-9,12,14,16-17H,6-7,10-11H2,1H3. The maximum atomic E-state index is 12.6. The monoisotopic (exact) mass is 371 g/mol. The highest BCUT2D eigenvalue weighted by Gasteiger charge is 2.51. The van der Waals surface area contributed by atoms with Crippen LogP contribution in [-0.2, 0) is 9.53 Å². The highest BCUT2D eigenvalue weighted by Crippen LogP contribution is 2.40. The van der Waals surface area contributed by atoms with Crippen molar-refractivity contribution >= 4 is 23.2 Å². The Morgan fingerprint density at radius 1 is 1.23 bits per heavy atom. The number of methoxy groups -OCH3 is 1. The van der Waals surface area contributed by atoms with Crippen LogP contribution in [0.3, 0.4) is 0 Å². The average molecular weight is 371 g/mol. The van der Waals surface area contributed by atoms with Crippen LogP contribution in [0, 0.1) is 0 Å². The van der Waals surface area contributed by atoms with Crippen molar-refractivity contribution in [3.8, 4) is 0 Å². The van der Waals surface area contributed by atoms with Gasteiger partial charge in [0.05, 0.1) is 10.9 Å². The Kier molecular flexibility index (Phi) is 4.74. The molecule has 0 aromatic carbocycles. The molecule has 2 atom stereocenters. The molecule has 2 fully saturated rings. The van der Waals surface area contributed by atoms with Crippen molar-refractivity contribution in [2.75, 3.05) is 20.2 Å². The number of ether oxygens (including phenoxy) is 1. The summed E-state index contributed by atoms with van der Waals surface area (Å²) in [5.74, 6) is 0.131. The molecule has 7 heteroatoms. The van der Waals surface area contributed by atoms with Crippen molar-refractivity contribution in [1.82, 2.24) is 14.8 Å². The number of carbonyl (C=O) groups is 2. The van der Waals surface area contributed by atoms with E-state index in [1.54, 1.807) is 19.5 Å². The van der Waals surface area contributed by atoms with Gasteiger partial charge < -0.3 is 14.5 Å². The third-order valence-corrected chi connectivity index (χ3v) is 6.12. The van der Waals surface area contributed by atoms with Crippen molar-refractivity contribution in [2.45, 2.75) is 31.0 Å². The summed E-state index contributed by atoms with van der Waals surface area (Å²) in [6.45, 7) is 1.35. The van der Waals surface area contributed by atoms with Crippen molar-refractivity contribution in [2.24, 2.45) is 0 Å². The molecule has 4 heterocycles. The summed E-state index contributed by atoms with van der Waals surface area (Å²) in [6.07, 6.45) is 4.64. The van der Waals surface area contributed by atoms with Crippen molar-refractivity contribution < 1.29 is 14.3 Å². The SMILES string of the molecule is COC1C(=O)N(C2CCN(C(=O)c3cccs3)CC2)C1c1ccncc1. The Bertz CT molecular complexity index is 773. The predicted molar refractivity (Wildman–Crippen MR) is 97.9 cm³/mol. The molecule has 2 aliphatic heterocycles. The zero-order chi connectivity index (χ0) is 18.1. The van der Waals surface area contributed by atoms with Crippen LogP contribution in [0.1, 0.15) is 34.1 Å². The van der Waals surface area contributed by atoms with Crippen molar-refractivity contribution in [3.05, 3.63) is 52.5 Å². The topological polar surface area (TPSA) is 62.7 Å². The first-order valence-corrected chi connectivity index (χ1v) is 9.66. The van der Waals surface area contributed by atoms with Gasteiger partial charge in [0.15, 0.2) is 6.10 Å². The Hall–Kier alpha value is -2.25. The molecule has 6 nitrogen and oxygen atoms in total. The van der Waals surface area contributed by atoms with Crippen LogP contribution in [-0.4, -0.2) is 58.9 Å². The molecule has 2 unspecified atom stereocenters. The first-order valence-electron chi connectivity index (χ1n) is 8.78. The second-order valence-electron chi connectivity index (χ2n) is 6.63. The molecule has 0 spiro atoms. The maximum Gasteiger partial charge on any atom is 0.263 e. The van der Waals surface area contributed by atoms with Gasteiger partial charge in [-0.25, -0.2) is 0 Å². The van der Waals surface area contributed by atoms with Gasteiger partial charge >= 0.3 is 0 Å². The zero-order valence-electron chi connectivity index (χ0n) is 14.6. The molecule has 0 aliphatic carbocycles. The van der Waals surface area contributed by atoms with Gasteiger partial charge in [0.25, 0.3) is 11.8 Å². The van der Waals surface area contributed by atoms with E-state index in [9.17, 15) is 9.59 Å². The number of β-lactam (4-membered cyclic amide) rings is 1. The Morgan fingerprint density at radius 2 is 1.96 bits per heavy atom. The molecule has 26 heavy (non-hydrogen) atoms. The summed E-state index contributed by atoms with van der Waals surface area (Å²) < 4.78 is 5.42. The van der Waals surface area contributed by atoms with Gasteiger partial charge in [-0.2, -0.15) is 0 Å². The van der Waals surface area contributed by atoms with Crippen LogP contribution in [0.4, 0.5) is 0 Å². The third kappa shape index (κ3) is 2.91. The number of amides is 2. The normalized spacial score (nSPS) is 23.8. The minimum absolute atomic E-state index is 0.0392. The summed E-state index contributed by atoms with van der Waals surface area (Å²) in [5.41, 5.74) is 1.04. The van der Waals surface area contributed by atoms with Crippen LogP contribution >= 0.6 is 11.3 Å². The van der Waals surface area contributed by atoms with E-state index in [-0.39, 0.29) is 23.9 Å². The van der Waals surface area contributed by atoms with Crippen LogP contribution in [0.15, 0.2) is 42.0 Å². The molecular formula is C19H21N3O3S. The van der Waals surface area contributed by atoms with Gasteiger partial charge in [-0.3, -0.25) is 14.6 Å². The van der Waals surface area contributed by atoms with E-state index in [1.807, 2.05) is 39.4 Å². The third-order valence-electron chi connectivity index (χ3n) is 5.26. The number of piperidine rings is 1. The summed E-state index contributed by atoms with van der Waals surface area (Å²) >= 11 is 1.47. The summed E-state index contributed by atoms with van der Waals surface area (Å²) in [7, 11) is 1.58. The fourth-order valence-corrected chi connectivity index (χ4v) is 4.61. The number of likely N-dealkylation sites (tertiary alicyclic amines) is 2. The fourth-order valence-electron chi connectivity index (χ4n) is 3.92. The van der Waals surface area contributed by atoms with E-state index in [0.29, 0.717) is 13.1 Å². The average Bonchev–Trinajstić information content (AvgIpc) is 3.22. The van der Waals surface area contributed by atoms with Gasteiger partial charge in [0, 0.05) is 38.6 Å². The molecule has 2 aromatic heterocycles. The second kappa shape index (κ2) is 7.17. The van der Waals surface area contributed by atoms with Crippen molar-refractivity contribution in [3.63, 3.8) is 0 Å². The molecule has 0 radical (unpaired) electrons. The van der Waals surface area contributed by atoms with Crippen molar-refractivity contribution in [1.29, 1.82) is 0 Å². The number of hydrogen-bond acceptors (Lipinski definition) is 5. The number of aromatic nitrogens is 1. The second-order valence-corrected chi connectivity index (χ2v) is 7.58. The van der Waals surface area contributed by atoms with Crippen LogP contribution in [0.25, 0.3) is 0 Å². The molecule has 2 saturated heterocycles. The zero-order valence-corrected chi connectivity index (χ0v) is 15.4. The van der Waals surface area contributed by atoms with Gasteiger partial charge in [-0.15, -0.1) is 11.3 Å². The van der Waals surface area contributed by atoms with Gasteiger partial charge in [-0.05, 0) is 42.0 Å². The molecular weight excluding hydrogens is 350 g/mol. The quantitative estimate of drug-likeness (QED) is 0.774. The smallest absolute Gasteiger partial charge is 0.263 e. The van der Waals surface area contributed by atoms with Gasteiger partial charge in [0.2, 0.25) is 0 Å². The molecule has 2 amide bonds. The maximum absolute atomic E-state index is 12.6. The predicted octanol–water partition coefficient (Wildman–Crippen LogP) is 2.35. The van der Waals surface area contributed by atoms with Crippen LogP contribution < -0.4 is 0 Å². The lowest BCUT2D eigenvalue weighted by Gasteiger charge is -2.52. The molecule has 136 valence electrons. The van der Waals surface area contributed by atoms with E-state index in [0.717, 1.165) is 23.3 Å². The molecule has 2 aliphatic rings. The fraction of sp³-hybridized carbons (Fsp3) is 0.421. The summed E-state index contributed by atoms with van der Waals surface area (Å²) in [6, 6.07) is 7.70. The lowest BCUT2D eigenvalue weighted by molar-refractivity contribution is -0.178. The largest absolute Gasteiger partial charge is 0.369 e. The summed E-state index contributed by atoms with van der Waals surface area (Å²) in [4.78, 5) is 33.7.